The molecule has 2 heterocycles. The minimum atomic E-state index is -1.66. The molecular weight excluding hydrogens is 304 g/mol. The van der Waals surface area contributed by atoms with Crippen molar-refractivity contribution in [2.45, 2.75) is 63.7 Å². The van der Waals surface area contributed by atoms with Crippen molar-refractivity contribution >= 4 is 16.6 Å². The monoisotopic (exact) mass is 334 g/mol. The van der Waals surface area contributed by atoms with Gasteiger partial charge in [-0.15, -0.1) is 0 Å². The SMILES string of the molecule is C[Si](C)(CCC1OCCO1)O[Si](C)(C)CCC1OCCO1. The molecule has 0 bridgehead atoms. The fourth-order valence-corrected chi connectivity index (χ4v) is 11.6. The fourth-order valence-electron chi connectivity index (χ4n) is 2.93. The smallest absolute Gasteiger partial charge is 0.173 e. The summed E-state index contributed by atoms with van der Waals surface area (Å²) in [5.41, 5.74) is 0. The van der Waals surface area contributed by atoms with E-state index in [0.29, 0.717) is 0 Å². The summed E-state index contributed by atoms with van der Waals surface area (Å²) >= 11 is 0. The van der Waals surface area contributed by atoms with Gasteiger partial charge in [0.1, 0.15) is 0 Å². The zero-order valence-corrected chi connectivity index (χ0v) is 15.9. The molecule has 0 aliphatic carbocycles. The van der Waals surface area contributed by atoms with Crippen LogP contribution in [0.1, 0.15) is 12.8 Å². The van der Waals surface area contributed by atoms with Gasteiger partial charge in [-0.1, -0.05) is 0 Å². The van der Waals surface area contributed by atoms with E-state index in [4.69, 9.17) is 23.1 Å². The Morgan fingerprint density at radius 2 is 1.05 bits per heavy atom. The summed E-state index contributed by atoms with van der Waals surface area (Å²) in [7, 11) is -3.33. The summed E-state index contributed by atoms with van der Waals surface area (Å²) < 4.78 is 28.7. The van der Waals surface area contributed by atoms with Crippen LogP contribution in [0.2, 0.25) is 38.3 Å². The van der Waals surface area contributed by atoms with E-state index in [0.717, 1.165) is 51.4 Å². The Morgan fingerprint density at radius 1 is 0.714 bits per heavy atom. The van der Waals surface area contributed by atoms with Crippen molar-refractivity contribution in [2.24, 2.45) is 0 Å². The molecule has 0 aromatic heterocycles. The van der Waals surface area contributed by atoms with Gasteiger partial charge in [0.25, 0.3) is 0 Å². The molecule has 0 amide bonds. The van der Waals surface area contributed by atoms with E-state index in [9.17, 15) is 0 Å². The van der Waals surface area contributed by atoms with Crippen LogP contribution in [0.5, 0.6) is 0 Å². The van der Waals surface area contributed by atoms with Gasteiger partial charge in [-0.3, -0.25) is 0 Å². The number of hydrogen-bond donors (Lipinski definition) is 0. The average molecular weight is 335 g/mol. The predicted octanol–water partition coefficient (Wildman–Crippen LogP) is 2.94. The van der Waals surface area contributed by atoms with Crippen LogP contribution in [0.25, 0.3) is 0 Å². The Morgan fingerprint density at radius 3 is 1.38 bits per heavy atom. The Hall–Kier alpha value is 0.234. The first-order chi connectivity index (χ1) is 9.86. The molecule has 21 heavy (non-hydrogen) atoms. The van der Waals surface area contributed by atoms with Crippen molar-refractivity contribution in [3.63, 3.8) is 0 Å². The molecule has 2 rings (SSSR count). The molecule has 0 aromatic rings. The van der Waals surface area contributed by atoms with Crippen molar-refractivity contribution in [1.29, 1.82) is 0 Å². The maximum absolute atomic E-state index is 6.60. The van der Waals surface area contributed by atoms with Gasteiger partial charge < -0.3 is 23.1 Å². The number of hydrogen-bond acceptors (Lipinski definition) is 5. The second-order valence-electron chi connectivity index (χ2n) is 7.04. The first-order valence-corrected chi connectivity index (χ1v) is 14.3. The van der Waals surface area contributed by atoms with Gasteiger partial charge in [-0.05, 0) is 51.1 Å². The lowest BCUT2D eigenvalue weighted by molar-refractivity contribution is -0.0437. The Labute approximate surface area is 130 Å². The quantitative estimate of drug-likeness (QED) is 0.639. The zero-order valence-electron chi connectivity index (χ0n) is 13.9. The second kappa shape index (κ2) is 7.67. The van der Waals surface area contributed by atoms with Crippen molar-refractivity contribution in [1.82, 2.24) is 0 Å². The van der Waals surface area contributed by atoms with Crippen molar-refractivity contribution in [3.05, 3.63) is 0 Å². The molecule has 0 atom stereocenters. The third kappa shape index (κ3) is 6.47. The lowest BCUT2D eigenvalue weighted by Crippen LogP contribution is -2.45. The van der Waals surface area contributed by atoms with E-state index in [-0.39, 0.29) is 12.6 Å². The highest BCUT2D eigenvalue weighted by atomic mass is 28.4. The summed E-state index contributed by atoms with van der Waals surface area (Å²) in [6.07, 6.45) is 1.90. The molecule has 7 heteroatoms. The second-order valence-corrected chi connectivity index (χ2v) is 15.9. The predicted molar refractivity (Wildman–Crippen MR) is 86.3 cm³/mol. The highest BCUT2D eigenvalue weighted by molar-refractivity contribution is 6.84. The maximum atomic E-state index is 6.60. The number of ether oxygens (including phenoxy) is 4. The highest BCUT2D eigenvalue weighted by Gasteiger charge is 2.34. The lowest BCUT2D eigenvalue weighted by Gasteiger charge is -2.34. The minimum absolute atomic E-state index is 0.00885. The Balaban J connectivity index is 1.70. The summed E-state index contributed by atoms with van der Waals surface area (Å²) in [5, 5.41) is 0. The zero-order chi connectivity index (χ0) is 15.3. The van der Waals surface area contributed by atoms with E-state index in [2.05, 4.69) is 26.2 Å². The van der Waals surface area contributed by atoms with Gasteiger partial charge in [0.05, 0.1) is 26.4 Å². The summed E-state index contributed by atoms with van der Waals surface area (Å²) in [6, 6.07) is 2.18. The van der Waals surface area contributed by atoms with Gasteiger partial charge in [0.2, 0.25) is 0 Å². The third-order valence-electron chi connectivity index (χ3n) is 3.90. The van der Waals surface area contributed by atoms with E-state index in [1.165, 1.54) is 0 Å². The molecule has 2 saturated heterocycles. The molecule has 0 spiro atoms. The van der Waals surface area contributed by atoms with Crippen molar-refractivity contribution in [3.8, 4) is 0 Å². The molecule has 0 radical (unpaired) electrons. The van der Waals surface area contributed by atoms with Crippen LogP contribution >= 0.6 is 0 Å². The minimum Gasteiger partial charge on any atom is -0.455 e. The normalized spacial score (nSPS) is 22.3. The molecule has 2 aliphatic rings. The first kappa shape index (κ1) is 17.6. The van der Waals surface area contributed by atoms with E-state index < -0.39 is 16.6 Å². The van der Waals surface area contributed by atoms with Gasteiger partial charge in [0, 0.05) is 0 Å². The molecule has 2 fully saturated rings. The molecule has 5 nitrogen and oxygen atoms in total. The van der Waals surface area contributed by atoms with Crippen LogP contribution in [0.15, 0.2) is 0 Å². The molecule has 0 saturated carbocycles. The summed E-state index contributed by atoms with van der Waals surface area (Å²) in [4.78, 5) is 0. The summed E-state index contributed by atoms with van der Waals surface area (Å²) in [6.45, 7) is 12.1. The molecular formula is C14H30O5Si2. The maximum Gasteiger partial charge on any atom is 0.173 e. The fraction of sp³-hybridized carbons (Fsp3) is 1.00. The van der Waals surface area contributed by atoms with Gasteiger partial charge in [-0.2, -0.15) is 0 Å². The Bertz CT molecular complexity index is 282. The van der Waals surface area contributed by atoms with Crippen LogP contribution in [-0.2, 0) is 23.1 Å². The topological polar surface area (TPSA) is 46.2 Å². The van der Waals surface area contributed by atoms with Crippen LogP contribution in [0.4, 0.5) is 0 Å². The molecule has 124 valence electrons. The van der Waals surface area contributed by atoms with Gasteiger partial charge >= 0.3 is 0 Å². The average Bonchev–Trinajstić information content (AvgIpc) is 3.06. The van der Waals surface area contributed by atoms with Crippen LogP contribution in [-0.4, -0.2) is 55.6 Å². The lowest BCUT2D eigenvalue weighted by atomic mass is 10.5. The number of rotatable bonds is 8. The molecule has 2 aliphatic heterocycles. The first-order valence-electron chi connectivity index (χ1n) is 8.03. The van der Waals surface area contributed by atoms with Crippen LogP contribution < -0.4 is 0 Å². The van der Waals surface area contributed by atoms with E-state index in [1.54, 1.807) is 0 Å². The standard InChI is InChI=1S/C14H30O5Si2/c1-20(2,11-5-13-15-7-8-16-13)19-21(3,4)12-6-14-17-9-10-18-14/h13-14H,5-12H2,1-4H3. The largest absolute Gasteiger partial charge is 0.455 e. The van der Waals surface area contributed by atoms with Crippen LogP contribution in [0, 0.1) is 0 Å². The molecule has 0 N–H and O–H groups in total. The Kier molecular flexibility index (Phi) is 6.43. The highest BCUT2D eigenvalue weighted by Crippen LogP contribution is 2.27. The molecule has 0 unspecified atom stereocenters. The van der Waals surface area contributed by atoms with Gasteiger partial charge in [0.15, 0.2) is 29.2 Å². The van der Waals surface area contributed by atoms with Gasteiger partial charge in [-0.25, -0.2) is 0 Å². The van der Waals surface area contributed by atoms with Crippen molar-refractivity contribution < 1.29 is 23.1 Å². The molecule has 0 aromatic carbocycles. The van der Waals surface area contributed by atoms with E-state index in [1.807, 2.05) is 0 Å². The van der Waals surface area contributed by atoms with E-state index >= 15 is 0 Å². The van der Waals surface area contributed by atoms with Crippen LogP contribution in [0.3, 0.4) is 0 Å². The summed E-state index contributed by atoms with van der Waals surface area (Å²) in [5.74, 6) is 0. The third-order valence-corrected chi connectivity index (χ3v) is 11.3. The van der Waals surface area contributed by atoms with Crippen molar-refractivity contribution in [2.75, 3.05) is 26.4 Å².